The van der Waals surface area contributed by atoms with Crippen LogP contribution in [-0.2, 0) is 0 Å². The highest BCUT2D eigenvalue weighted by Crippen LogP contribution is 2.37. The van der Waals surface area contributed by atoms with Gasteiger partial charge in [-0.05, 0) is 25.3 Å². The van der Waals surface area contributed by atoms with E-state index in [0.29, 0.717) is 11.8 Å². The second kappa shape index (κ2) is 3.23. The molecule has 1 fully saturated rings. The molecular formula is C8H13N3O. The average Bonchev–Trinajstić information content (AvgIpc) is 2.74. The van der Waals surface area contributed by atoms with Gasteiger partial charge >= 0.3 is 0 Å². The zero-order valence-electron chi connectivity index (χ0n) is 6.94. The Balaban J connectivity index is 2.13. The predicted octanol–water partition coefficient (Wildman–Crippen LogP) is 0.912. The molecule has 0 radical (unpaired) electrons. The third-order valence-corrected chi connectivity index (χ3v) is 2.66. The molecule has 1 aliphatic carbocycles. The van der Waals surface area contributed by atoms with E-state index in [9.17, 15) is 0 Å². The van der Waals surface area contributed by atoms with Crippen LogP contribution in [-0.4, -0.2) is 16.7 Å². The van der Waals surface area contributed by atoms with E-state index < -0.39 is 0 Å². The fourth-order valence-electron chi connectivity index (χ4n) is 1.99. The minimum absolute atomic E-state index is 0.414. The zero-order chi connectivity index (χ0) is 8.39. The SMILES string of the molecule is NCC1CCCC1c1ncno1. The van der Waals surface area contributed by atoms with E-state index in [0.717, 1.165) is 18.9 Å². The van der Waals surface area contributed by atoms with Crippen molar-refractivity contribution in [2.45, 2.75) is 25.2 Å². The molecule has 0 bridgehead atoms. The minimum atomic E-state index is 0.414. The number of aromatic nitrogens is 2. The molecule has 2 N–H and O–H groups in total. The summed E-state index contributed by atoms with van der Waals surface area (Å²) < 4.78 is 5.03. The summed E-state index contributed by atoms with van der Waals surface area (Å²) in [7, 11) is 0. The lowest BCUT2D eigenvalue weighted by molar-refractivity contribution is 0.325. The summed E-state index contributed by atoms with van der Waals surface area (Å²) in [6.45, 7) is 0.729. The van der Waals surface area contributed by atoms with E-state index in [1.54, 1.807) is 0 Å². The van der Waals surface area contributed by atoms with E-state index >= 15 is 0 Å². The van der Waals surface area contributed by atoms with Crippen LogP contribution in [0.4, 0.5) is 0 Å². The van der Waals surface area contributed by atoms with E-state index in [1.807, 2.05) is 0 Å². The first-order chi connectivity index (χ1) is 5.92. The van der Waals surface area contributed by atoms with Crippen molar-refractivity contribution in [1.82, 2.24) is 10.1 Å². The molecule has 1 heterocycles. The molecule has 4 nitrogen and oxygen atoms in total. The maximum atomic E-state index is 5.64. The molecule has 1 aliphatic rings. The fraction of sp³-hybridized carbons (Fsp3) is 0.750. The van der Waals surface area contributed by atoms with Gasteiger partial charge in [-0.3, -0.25) is 0 Å². The topological polar surface area (TPSA) is 64.9 Å². The summed E-state index contributed by atoms with van der Waals surface area (Å²) in [4.78, 5) is 4.06. The minimum Gasteiger partial charge on any atom is -0.339 e. The number of rotatable bonds is 2. The van der Waals surface area contributed by atoms with Crippen LogP contribution in [0.25, 0.3) is 0 Å². The standard InChI is InChI=1S/C8H13N3O/c9-4-6-2-1-3-7(6)8-10-5-11-12-8/h5-7H,1-4,9H2. The molecule has 0 saturated heterocycles. The van der Waals surface area contributed by atoms with Crippen LogP contribution in [0.15, 0.2) is 10.9 Å². The van der Waals surface area contributed by atoms with E-state index in [4.69, 9.17) is 10.3 Å². The van der Waals surface area contributed by atoms with Crippen LogP contribution in [0.1, 0.15) is 31.1 Å². The third kappa shape index (κ3) is 1.22. The molecule has 2 rings (SSSR count). The van der Waals surface area contributed by atoms with Gasteiger partial charge < -0.3 is 10.3 Å². The molecule has 0 aliphatic heterocycles. The Morgan fingerprint density at radius 1 is 1.58 bits per heavy atom. The van der Waals surface area contributed by atoms with Crippen molar-refractivity contribution >= 4 is 0 Å². The molecular weight excluding hydrogens is 154 g/mol. The Labute approximate surface area is 71.1 Å². The second-order valence-corrected chi connectivity index (χ2v) is 3.31. The van der Waals surface area contributed by atoms with Crippen molar-refractivity contribution in [1.29, 1.82) is 0 Å². The number of hydrogen-bond donors (Lipinski definition) is 1. The predicted molar refractivity (Wildman–Crippen MR) is 43.4 cm³/mol. The lowest BCUT2D eigenvalue weighted by atomic mass is 9.96. The number of nitrogens with zero attached hydrogens (tertiary/aromatic N) is 2. The maximum Gasteiger partial charge on any atom is 0.229 e. The molecule has 1 aromatic heterocycles. The molecule has 0 aromatic carbocycles. The van der Waals surface area contributed by atoms with Gasteiger partial charge in [-0.2, -0.15) is 4.98 Å². The third-order valence-electron chi connectivity index (χ3n) is 2.66. The van der Waals surface area contributed by atoms with Crippen molar-refractivity contribution < 1.29 is 4.52 Å². The van der Waals surface area contributed by atoms with Crippen LogP contribution in [0.2, 0.25) is 0 Å². The Kier molecular flexibility index (Phi) is 2.08. The van der Waals surface area contributed by atoms with Crippen molar-refractivity contribution in [2.24, 2.45) is 11.7 Å². The fourth-order valence-corrected chi connectivity index (χ4v) is 1.99. The first-order valence-corrected chi connectivity index (χ1v) is 4.38. The molecule has 0 amide bonds. The highest BCUT2D eigenvalue weighted by molar-refractivity contribution is 4.97. The molecule has 1 aromatic rings. The van der Waals surface area contributed by atoms with Gasteiger partial charge in [-0.25, -0.2) is 0 Å². The normalized spacial score (nSPS) is 29.4. The van der Waals surface area contributed by atoms with Gasteiger partial charge in [0.15, 0.2) is 6.33 Å². The smallest absolute Gasteiger partial charge is 0.229 e. The van der Waals surface area contributed by atoms with Gasteiger partial charge in [0.05, 0.1) is 0 Å². The van der Waals surface area contributed by atoms with Gasteiger partial charge in [0.25, 0.3) is 0 Å². The number of hydrogen-bond acceptors (Lipinski definition) is 4. The van der Waals surface area contributed by atoms with E-state index in [-0.39, 0.29) is 0 Å². The summed E-state index contributed by atoms with van der Waals surface area (Å²) in [6, 6.07) is 0. The second-order valence-electron chi connectivity index (χ2n) is 3.31. The molecule has 12 heavy (non-hydrogen) atoms. The lowest BCUT2D eigenvalue weighted by Gasteiger charge is -2.12. The van der Waals surface area contributed by atoms with Crippen LogP contribution >= 0.6 is 0 Å². The van der Waals surface area contributed by atoms with Gasteiger partial charge in [0, 0.05) is 5.92 Å². The van der Waals surface area contributed by atoms with Crippen molar-refractivity contribution in [3.8, 4) is 0 Å². The van der Waals surface area contributed by atoms with Gasteiger partial charge in [-0.1, -0.05) is 11.6 Å². The van der Waals surface area contributed by atoms with Crippen LogP contribution in [0, 0.1) is 5.92 Å². The Morgan fingerprint density at radius 2 is 2.50 bits per heavy atom. The number of nitrogens with two attached hydrogens (primary N) is 1. The largest absolute Gasteiger partial charge is 0.339 e. The van der Waals surface area contributed by atoms with Gasteiger partial charge in [0.1, 0.15) is 0 Å². The lowest BCUT2D eigenvalue weighted by Crippen LogP contribution is -2.17. The Hall–Kier alpha value is -0.900. The summed E-state index contributed by atoms with van der Waals surface area (Å²) >= 11 is 0. The van der Waals surface area contributed by atoms with Gasteiger partial charge in [-0.15, -0.1) is 0 Å². The molecule has 2 unspecified atom stereocenters. The van der Waals surface area contributed by atoms with Gasteiger partial charge in [0.2, 0.25) is 5.89 Å². The molecule has 0 spiro atoms. The Morgan fingerprint density at radius 3 is 3.17 bits per heavy atom. The summed E-state index contributed by atoms with van der Waals surface area (Å²) in [5.41, 5.74) is 5.64. The van der Waals surface area contributed by atoms with Crippen molar-refractivity contribution in [3.05, 3.63) is 12.2 Å². The molecule has 4 heteroatoms. The van der Waals surface area contributed by atoms with E-state index in [1.165, 1.54) is 19.2 Å². The first-order valence-electron chi connectivity index (χ1n) is 4.38. The van der Waals surface area contributed by atoms with Crippen LogP contribution < -0.4 is 5.73 Å². The Bertz CT molecular complexity index is 234. The zero-order valence-corrected chi connectivity index (χ0v) is 6.94. The summed E-state index contributed by atoms with van der Waals surface area (Å²) in [5, 5.41) is 3.61. The monoisotopic (exact) mass is 167 g/mol. The highest BCUT2D eigenvalue weighted by atomic mass is 16.5. The quantitative estimate of drug-likeness (QED) is 0.711. The van der Waals surface area contributed by atoms with Crippen molar-refractivity contribution in [3.63, 3.8) is 0 Å². The van der Waals surface area contributed by atoms with Crippen molar-refractivity contribution in [2.75, 3.05) is 6.54 Å². The summed E-state index contributed by atoms with van der Waals surface area (Å²) in [5.74, 6) is 1.73. The van der Waals surface area contributed by atoms with E-state index in [2.05, 4.69) is 10.1 Å². The molecule has 1 saturated carbocycles. The van der Waals surface area contributed by atoms with Crippen LogP contribution in [0.3, 0.4) is 0 Å². The first kappa shape index (κ1) is 7.73. The molecule has 66 valence electrons. The van der Waals surface area contributed by atoms with Crippen LogP contribution in [0.5, 0.6) is 0 Å². The summed E-state index contributed by atoms with van der Waals surface area (Å²) in [6.07, 6.45) is 5.03. The maximum absolute atomic E-state index is 5.64. The molecule has 2 atom stereocenters. The average molecular weight is 167 g/mol. The highest BCUT2D eigenvalue weighted by Gasteiger charge is 2.30.